The summed E-state index contributed by atoms with van der Waals surface area (Å²) in [4.78, 5) is 1.41. The molecule has 0 fully saturated rings. The summed E-state index contributed by atoms with van der Waals surface area (Å²) in [5, 5.41) is 10.4. The van der Waals surface area contributed by atoms with E-state index in [1.807, 2.05) is 23.1 Å². The van der Waals surface area contributed by atoms with E-state index in [-0.39, 0.29) is 0 Å². The molecule has 0 amide bonds. The molecule has 0 aliphatic heterocycles. The van der Waals surface area contributed by atoms with E-state index in [1.165, 1.54) is 20.6 Å². The van der Waals surface area contributed by atoms with Crippen molar-refractivity contribution in [1.29, 1.82) is 0 Å². The molecule has 0 saturated carbocycles. The van der Waals surface area contributed by atoms with Gasteiger partial charge in [-0.05, 0) is 72.6 Å². The van der Waals surface area contributed by atoms with E-state index in [0.29, 0.717) is 6.04 Å². The summed E-state index contributed by atoms with van der Waals surface area (Å²) < 4.78 is 3.21. The summed E-state index contributed by atoms with van der Waals surface area (Å²) in [6.45, 7) is 7.53. The molecule has 0 radical (unpaired) electrons. The Labute approximate surface area is 139 Å². The topological polar surface area (TPSA) is 29.9 Å². The number of hydrogen-bond donors (Lipinski definition) is 1. The maximum absolute atomic E-state index is 4.52. The van der Waals surface area contributed by atoms with Gasteiger partial charge in [-0.25, -0.2) is 0 Å². The third-order valence-corrected chi connectivity index (χ3v) is 5.93. The molecule has 21 heavy (non-hydrogen) atoms. The van der Waals surface area contributed by atoms with Crippen LogP contribution in [0.4, 0.5) is 0 Å². The third-order valence-electron chi connectivity index (χ3n) is 3.94. The Bertz CT molecular complexity index is 588. The Balaban J connectivity index is 2.10. The summed E-state index contributed by atoms with van der Waals surface area (Å²) in [7, 11) is 2.02. The van der Waals surface area contributed by atoms with Crippen molar-refractivity contribution < 1.29 is 0 Å². The number of nitrogens with zero attached hydrogens (tertiary/aromatic N) is 2. The first-order valence-electron chi connectivity index (χ1n) is 7.50. The van der Waals surface area contributed by atoms with E-state index in [9.17, 15) is 0 Å². The van der Waals surface area contributed by atoms with E-state index in [2.05, 4.69) is 58.6 Å². The highest BCUT2D eigenvalue weighted by molar-refractivity contribution is 9.10. The number of rotatable bonds is 7. The van der Waals surface area contributed by atoms with Gasteiger partial charge in [0.25, 0.3) is 0 Å². The molecule has 1 unspecified atom stereocenters. The molecular weight excluding hydrogens is 346 g/mol. The van der Waals surface area contributed by atoms with Crippen molar-refractivity contribution in [3.05, 3.63) is 37.7 Å². The predicted octanol–water partition coefficient (Wildman–Crippen LogP) is 4.53. The summed E-state index contributed by atoms with van der Waals surface area (Å²) >= 11 is 5.50. The zero-order valence-electron chi connectivity index (χ0n) is 13.2. The highest BCUT2D eigenvalue weighted by Crippen LogP contribution is 2.32. The van der Waals surface area contributed by atoms with Gasteiger partial charge in [-0.15, -0.1) is 11.3 Å². The minimum atomic E-state index is 0.415. The number of hydrogen-bond acceptors (Lipinski definition) is 3. The Morgan fingerprint density at radius 2 is 2.19 bits per heavy atom. The largest absolute Gasteiger partial charge is 0.309 e. The van der Waals surface area contributed by atoms with Gasteiger partial charge in [0, 0.05) is 28.1 Å². The van der Waals surface area contributed by atoms with E-state index in [4.69, 9.17) is 0 Å². The lowest BCUT2D eigenvalue weighted by Crippen LogP contribution is -2.22. The molecular formula is C16H24BrN3S. The van der Waals surface area contributed by atoms with Gasteiger partial charge in [-0.2, -0.15) is 5.10 Å². The molecule has 1 atom stereocenters. The molecule has 2 rings (SSSR count). The van der Waals surface area contributed by atoms with Gasteiger partial charge in [0.05, 0.1) is 5.69 Å². The number of nitrogens with one attached hydrogen (secondary N) is 1. The standard InChI is InChI=1S/C16H24BrN3S/c1-5-9-18-15(16-14(17)8-10-21-16)7-6-13-11(2)19-20(4)12(13)3/h8,10,15,18H,5-7,9H2,1-4H3. The first-order valence-corrected chi connectivity index (χ1v) is 9.17. The van der Waals surface area contributed by atoms with Crippen molar-refractivity contribution in [3.63, 3.8) is 0 Å². The molecule has 2 heterocycles. The molecule has 1 N–H and O–H groups in total. The number of aromatic nitrogens is 2. The molecule has 0 saturated heterocycles. The van der Waals surface area contributed by atoms with Gasteiger partial charge in [0.1, 0.15) is 0 Å². The van der Waals surface area contributed by atoms with Crippen LogP contribution in [0.5, 0.6) is 0 Å². The maximum Gasteiger partial charge on any atom is 0.0628 e. The number of thiophene rings is 1. The highest BCUT2D eigenvalue weighted by Gasteiger charge is 2.17. The average molecular weight is 370 g/mol. The number of halogens is 1. The zero-order chi connectivity index (χ0) is 15.4. The Morgan fingerprint density at radius 1 is 1.43 bits per heavy atom. The van der Waals surface area contributed by atoms with Gasteiger partial charge in [0.2, 0.25) is 0 Å². The fraction of sp³-hybridized carbons (Fsp3) is 0.562. The summed E-state index contributed by atoms with van der Waals surface area (Å²) in [6.07, 6.45) is 3.33. The van der Waals surface area contributed by atoms with Gasteiger partial charge >= 0.3 is 0 Å². The fourth-order valence-corrected chi connectivity index (χ4v) is 4.43. The first-order chi connectivity index (χ1) is 10.0. The SMILES string of the molecule is CCCNC(CCc1c(C)nn(C)c1C)c1sccc1Br. The minimum absolute atomic E-state index is 0.415. The summed E-state index contributed by atoms with van der Waals surface area (Å²) in [5.74, 6) is 0. The lowest BCUT2D eigenvalue weighted by molar-refractivity contribution is 0.504. The van der Waals surface area contributed by atoms with Crippen LogP contribution in [0.3, 0.4) is 0 Å². The zero-order valence-corrected chi connectivity index (χ0v) is 15.6. The Kier molecular flexibility index (Phi) is 6.02. The maximum atomic E-state index is 4.52. The van der Waals surface area contributed by atoms with Gasteiger partial charge in [0.15, 0.2) is 0 Å². The Hall–Kier alpha value is -0.650. The molecule has 2 aromatic heterocycles. The van der Waals surface area contributed by atoms with Crippen LogP contribution in [0, 0.1) is 13.8 Å². The summed E-state index contributed by atoms with van der Waals surface area (Å²) in [5.41, 5.74) is 3.84. The van der Waals surface area contributed by atoms with E-state index >= 15 is 0 Å². The molecule has 5 heteroatoms. The molecule has 0 aliphatic carbocycles. The van der Waals surface area contributed by atoms with Crippen LogP contribution >= 0.6 is 27.3 Å². The van der Waals surface area contributed by atoms with Crippen molar-refractivity contribution in [1.82, 2.24) is 15.1 Å². The van der Waals surface area contributed by atoms with Crippen LogP contribution in [0.1, 0.15) is 47.6 Å². The lowest BCUT2D eigenvalue weighted by Gasteiger charge is -2.18. The van der Waals surface area contributed by atoms with Crippen molar-refractivity contribution >= 4 is 27.3 Å². The Morgan fingerprint density at radius 3 is 2.71 bits per heavy atom. The molecule has 0 aromatic carbocycles. The molecule has 0 spiro atoms. The van der Waals surface area contributed by atoms with Crippen molar-refractivity contribution in [3.8, 4) is 0 Å². The van der Waals surface area contributed by atoms with Crippen LogP contribution in [0.2, 0.25) is 0 Å². The van der Waals surface area contributed by atoms with Crippen LogP contribution in [0.25, 0.3) is 0 Å². The normalized spacial score (nSPS) is 12.8. The van der Waals surface area contributed by atoms with Gasteiger partial charge < -0.3 is 5.32 Å². The lowest BCUT2D eigenvalue weighted by atomic mass is 10.0. The quantitative estimate of drug-likeness (QED) is 0.776. The van der Waals surface area contributed by atoms with Gasteiger partial charge in [-0.3, -0.25) is 4.68 Å². The van der Waals surface area contributed by atoms with E-state index in [0.717, 1.165) is 31.5 Å². The van der Waals surface area contributed by atoms with E-state index in [1.54, 1.807) is 0 Å². The predicted molar refractivity (Wildman–Crippen MR) is 94.1 cm³/mol. The first kappa shape index (κ1) is 16.7. The average Bonchev–Trinajstić information content (AvgIpc) is 2.97. The monoisotopic (exact) mass is 369 g/mol. The number of aryl methyl sites for hydroxylation is 2. The third kappa shape index (κ3) is 3.96. The fourth-order valence-electron chi connectivity index (χ4n) is 2.67. The smallest absolute Gasteiger partial charge is 0.0628 e. The summed E-state index contributed by atoms with van der Waals surface area (Å²) in [6, 6.07) is 2.56. The second kappa shape index (κ2) is 7.56. The van der Waals surface area contributed by atoms with E-state index < -0.39 is 0 Å². The van der Waals surface area contributed by atoms with Crippen LogP contribution in [-0.2, 0) is 13.5 Å². The second-order valence-electron chi connectivity index (χ2n) is 5.45. The van der Waals surface area contributed by atoms with Crippen LogP contribution < -0.4 is 5.32 Å². The van der Waals surface area contributed by atoms with Crippen LogP contribution in [-0.4, -0.2) is 16.3 Å². The highest BCUT2D eigenvalue weighted by atomic mass is 79.9. The van der Waals surface area contributed by atoms with Crippen molar-refractivity contribution in [2.75, 3.05) is 6.54 Å². The minimum Gasteiger partial charge on any atom is -0.309 e. The van der Waals surface area contributed by atoms with Crippen molar-refractivity contribution in [2.24, 2.45) is 7.05 Å². The second-order valence-corrected chi connectivity index (χ2v) is 7.25. The molecule has 2 aromatic rings. The molecule has 0 aliphatic rings. The molecule has 3 nitrogen and oxygen atoms in total. The molecule has 0 bridgehead atoms. The van der Waals surface area contributed by atoms with Crippen LogP contribution in [0.15, 0.2) is 15.9 Å². The molecule has 116 valence electrons. The van der Waals surface area contributed by atoms with Gasteiger partial charge in [-0.1, -0.05) is 6.92 Å². The van der Waals surface area contributed by atoms with Crippen molar-refractivity contribution in [2.45, 2.75) is 46.1 Å².